The fraction of sp³-hybridized carbons (Fsp3) is 0.417. The predicted molar refractivity (Wildman–Crippen MR) is 120 cm³/mol. The van der Waals surface area contributed by atoms with Crippen molar-refractivity contribution in [1.29, 1.82) is 0 Å². The van der Waals surface area contributed by atoms with Crippen molar-refractivity contribution >= 4 is 5.91 Å². The predicted octanol–water partition coefficient (Wildman–Crippen LogP) is 3.26. The third-order valence-electron chi connectivity index (χ3n) is 5.56. The molecule has 0 unspecified atom stereocenters. The Bertz CT molecular complexity index is 1030. The molecule has 3 aromatic rings. The average Bonchev–Trinajstić information content (AvgIpc) is 3.39. The number of aromatic nitrogens is 2. The van der Waals surface area contributed by atoms with Gasteiger partial charge >= 0.3 is 0 Å². The molecule has 1 saturated heterocycles. The number of benzene rings is 1. The maximum Gasteiger partial charge on any atom is 0.289 e. The van der Waals surface area contributed by atoms with Crippen molar-refractivity contribution in [1.82, 2.24) is 19.6 Å². The van der Waals surface area contributed by atoms with Crippen molar-refractivity contribution < 1.29 is 18.7 Å². The highest BCUT2D eigenvalue weighted by Gasteiger charge is 2.25. The van der Waals surface area contributed by atoms with E-state index in [1.807, 2.05) is 54.7 Å². The SMILES string of the molecule is CCOc1ccc(OCc2ccc(C(=O)N3CCN(Cc4cn(C)nc4C)CC3)o2)cc1. The van der Waals surface area contributed by atoms with Crippen LogP contribution in [0.15, 0.2) is 47.0 Å². The minimum atomic E-state index is -0.0745. The van der Waals surface area contributed by atoms with E-state index >= 15 is 0 Å². The van der Waals surface area contributed by atoms with E-state index in [9.17, 15) is 4.79 Å². The number of rotatable bonds is 8. The number of carbonyl (C=O) groups excluding carboxylic acids is 1. The zero-order chi connectivity index (χ0) is 22.5. The maximum atomic E-state index is 12.9. The summed E-state index contributed by atoms with van der Waals surface area (Å²) >= 11 is 0. The highest BCUT2D eigenvalue weighted by molar-refractivity contribution is 5.91. The van der Waals surface area contributed by atoms with E-state index < -0.39 is 0 Å². The van der Waals surface area contributed by atoms with Crippen molar-refractivity contribution in [2.24, 2.45) is 7.05 Å². The summed E-state index contributed by atoms with van der Waals surface area (Å²) in [5.41, 5.74) is 2.29. The topological polar surface area (TPSA) is 73.0 Å². The van der Waals surface area contributed by atoms with Gasteiger partial charge in [0, 0.05) is 51.5 Å². The van der Waals surface area contributed by atoms with Gasteiger partial charge in [-0.2, -0.15) is 5.10 Å². The van der Waals surface area contributed by atoms with Crippen molar-refractivity contribution in [3.05, 3.63) is 65.4 Å². The van der Waals surface area contributed by atoms with Gasteiger partial charge in [0.1, 0.15) is 23.9 Å². The van der Waals surface area contributed by atoms with Crippen LogP contribution >= 0.6 is 0 Å². The van der Waals surface area contributed by atoms with Gasteiger partial charge in [0.05, 0.1) is 12.3 Å². The van der Waals surface area contributed by atoms with Gasteiger partial charge in [0.2, 0.25) is 0 Å². The van der Waals surface area contributed by atoms with Gasteiger partial charge in [0.15, 0.2) is 5.76 Å². The number of amides is 1. The monoisotopic (exact) mass is 438 g/mol. The molecule has 1 aromatic carbocycles. The molecule has 0 bridgehead atoms. The first-order valence-electron chi connectivity index (χ1n) is 11.0. The van der Waals surface area contributed by atoms with Crippen LogP contribution in [0.4, 0.5) is 0 Å². The van der Waals surface area contributed by atoms with Crippen LogP contribution in [-0.2, 0) is 20.2 Å². The molecule has 0 aliphatic carbocycles. The summed E-state index contributed by atoms with van der Waals surface area (Å²) in [5, 5.41) is 4.40. The Hall–Kier alpha value is -3.26. The van der Waals surface area contributed by atoms with Crippen molar-refractivity contribution in [3.63, 3.8) is 0 Å². The van der Waals surface area contributed by atoms with Gasteiger partial charge in [-0.25, -0.2) is 0 Å². The first-order valence-corrected chi connectivity index (χ1v) is 11.0. The van der Waals surface area contributed by atoms with Crippen LogP contribution < -0.4 is 9.47 Å². The molecule has 8 heteroatoms. The Balaban J connectivity index is 1.26. The molecule has 0 spiro atoms. The molecular weight excluding hydrogens is 408 g/mol. The summed E-state index contributed by atoms with van der Waals surface area (Å²) in [6.45, 7) is 8.74. The van der Waals surface area contributed by atoms with E-state index in [4.69, 9.17) is 13.9 Å². The van der Waals surface area contributed by atoms with E-state index in [0.717, 1.165) is 36.8 Å². The molecule has 32 heavy (non-hydrogen) atoms. The molecule has 0 N–H and O–H groups in total. The number of ether oxygens (including phenoxy) is 2. The largest absolute Gasteiger partial charge is 0.494 e. The second-order valence-electron chi connectivity index (χ2n) is 7.94. The van der Waals surface area contributed by atoms with Crippen LogP contribution in [0.1, 0.15) is 34.5 Å². The molecule has 1 fully saturated rings. The Labute approximate surface area is 188 Å². The van der Waals surface area contributed by atoms with Gasteiger partial charge in [-0.3, -0.25) is 14.4 Å². The van der Waals surface area contributed by atoms with Gasteiger partial charge in [0.25, 0.3) is 5.91 Å². The number of carbonyl (C=O) groups is 1. The van der Waals surface area contributed by atoms with E-state index in [0.29, 0.717) is 31.2 Å². The summed E-state index contributed by atoms with van der Waals surface area (Å²) in [7, 11) is 1.94. The molecule has 1 amide bonds. The number of hydrogen-bond donors (Lipinski definition) is 0. The summed E-state index contributed by atoms with van der Waals surface area (Å²) in [5.74, 6) is 2.42. The van der Waals surface area contributed by atoms with Crippen LogP contribution in [0.5, 0.6) is 11.5 Å². The minimum absolute atomic E-state index is 0.0745. The molecular formula is C24H30N4O4. The van der Waals surface area contributed by atoms with Gasteiger partial charge in [-0.15, -0.1) is 0 Å². The Kier molecular flexibility index (Phi) is 6.80. The molecule has 3 heterocycles. The highest BCUT2D eigenvalue weighted by Crippen LogP contribution is 2.20. The van der Waals surface area contributed by atoms with Crippen LogP contribution in [0.3, 0.4) is 0 Å². The van der Waals surface area contributed by atoms with Crippen molar-refractivity contribution in [3.8, 4) is 11.5 Å². The third-order valence-corrected chi connectivity index (χ3v) is 5.56. The van der Waals surface area contributed by atoms with E-state index in [1.165, 1.54) is 5.56 Å². The van der Waals surface area contributed by atoms with Crippen LogP contribution in [0.25, 0.3) is 0 Å². The lowest BCUT2D eigenvalue weighted by Crippen LogP contribution is -2.48. The van der Waals surface area contributed by atoms with E-state index in [1.54, 1.807) is 12.1 Å². The minimum Gasteiger partial charge on any atom is -0.494 e. The molecule has 1 aliphatic heterocycles. The highest BCUT2D eigenvalue weighted by atomic mass is 16.5. The van der Waals surface area contributed by atoms with Crippen molar-refractivity contribution in [2.75, 3.05) is 32.8 Å². The van der Waals surface area contributed by atoms with Gasteiger partial charge in [-0.05, 0) is 50.2 Å². The first kappa shape index (κ1) is 22.0. The second kappa shape index (κ2) is 9.91. The lowest BCUT2D eigenvalue weighted by Gasteiger charge is -2.34. The normalized spacial score (nSPS) is 14.5. The average molecular weight is 439 g/mol. The standard InChI is InChI=1S/C24H30N4O4/c1-4-30-20-5-7-21(8-6-20)31-17-22-9-10-23(32-22)24(29)28-13-11-27(12-14-28)16-19-15-26(3)25-18(19)2/h5-10,15H,4,11-14,16-17H2,1-3H3. The zero-order valence-electron chi connectivity index (χ0n) is 18.9. The summed E-state index contributed by atoms with van der Waals surface area (Å²) in [6, 6.07) is 11.0. The molecule has 0 radical (unpaired) electrons. The fourth-order valence-electron chi connectivity index (χ4n) is 3.83. The zero-order valence-corrected chi connectivity index (χ0v) is 18.9. The van der Waals surface area contributed by atoms with Crippen LogP contribution in [0.2, 0.25) is 0 Å². The molecule has 0 atom stereocenters. The third kappa shape index (κ3) is 5.31. The lowest BCUT2D eigenvalue weighted by atomic mass is 10.2. The number of piperazine rings is 1. The van der Waals surface area contributed by atoms with Crippen LogP contribution in [0, 0.1) is 6.92 Å². The lowest BCUT2D eigenvalue weighted by molar-refractivity contribution is 0.0594. The summed E-state index contributed by atoms with van der Waals surface area (Å²) in [6.07, 6.45) is 2.06. The van der Waals surface area contributed by atoms with E-state index in [2.05, 4.69) is 16.2 Å². The molecule has 4 rings (SSSR count). The molecule has 170 valence electrons. The quantitative estimate of drug-likeness (QED) is 0.538. The van der Waals surface area contributed by atoms with E-state index in [-0.39, 0.29) is 12.5 Å². The molecule has 1 aliphatic rings. The van der Waals surface area contributed by atoms with Crippen molar-refractivity contribution in [2.45, 2.75) is 27.0 Å². The molecule has 0 saturated carbocycles. The number of furan rings is 1. The number of aryl methyl sites for hydroxylation is 2. The summed E-state index contributed by atoms with van der Waals surface area (Å²) in [4.78, 5) is 17.1. The Morgan fingerprint density at radius 1 is 1.03 bits per heavy atom. The number of hydrogen-bond acceptors (Lipinski definition) is 6. The summed E-state index contributed by atoms with van der Waals surface area (Å²) < 4.78 is 18.8. The first-order chi connectivity index (χ1) is 15.5. The smallest absolute Gasteiger partial charge is 0.289 e. The fourth-order valence-corrected chi connectivity index (χ4v) is 3.83. The second-order valence-corrected chi connectivity index (χ2v) is 7.94. The number of nitrogens with zero attached hydrogens (tertiary/aromatic N) is 4. The van der Waals surface area contributed by atoms with Gasteiger partial charge < -0.3 is 18.8 Å². The Morgan fingerprint density at radius 3 is 2.34 bits per heavy atom. The maximum absolute atomic E-state index is 12.9. The molecule has 2 aromatic heterocycles. The van der Waals surface area contributed by atoms with Gasteiger partial charge in [-0.1, -0.05) is 0 Å². The Morgan fingerprint density at radius 2 is 1.72 bits per heavy atom. The molecule has 8 nitrogen and oxygen atoms in total. The van der Waals surface area contributed by atoms with Crippen LogP contribution in [-0.4, -0.2) is 58.3 Å².